The Morgan fingerprint density at radius 1 is 1.47 bits per heavy atom. The molecule has 0 fully saturated rings. The second kappa shape index (κ2) is 4.31. The highest BCUT2D eigenvalue weighted by Crippen LogP contribution is 2.25. The highest BCUT2D eigenvalue weighted by Gasteiger charge is 2.06. The Balaban J connectivity index is 2.47. The molecule has 0 aliphatic heterocycles. The molecule has 1 heterocycles. The molecule has 0 N–H and O–H groups in total. The van der Waals surface area contributed by atoms with Gasteiger partial charge in [-0.1, -0.05) is 11.6 Å². The number of aromatic nitrogens is 3. The van der Waals surface area contributed by atoms with Gasteiger partial charge in [-0.05, 0) is 25.1 Å². The quantitative estimate of drug-likeness (QED) is 0.802. The van der Waals surface area contributed by atoms with E-state index in [0.717, 1.165) is 11.4 Å². The number of rotatable bonds is 3. The van der Waals surface area contributed by atoms with Crippen LogP contribution < -0.4 is 4.74 Å². The largest absolute Gasteiger partial charge is 0.492 e. The van der Waals surface area contributed by atoms with Crippen LogP contribution in [0.2, 0.25) is 5.02 Å². The molecule has 4 nitrogen and oxygen atoms in total. The van der Waals surface area contributed by atoms with E-state index in [0.29, 0.717) is 11.6 Å². The summed E-state index contributed by atoms with van der Waals surface area (Å²) >= 11 is 5.92. The monoisotopic (exact) mass is 223 g/mol. The van der Waals surface area contributed by atoms with E-state index >= 15 is 0 Å². The van der Waals surface area contributed by atoms with Crippen LogP contribution in [0, 0.1) is 0 Å². The highest BCUT2D eigenvalue weighted by atomic mass is 35.5. The first-order valence-electron chi connectivity index (χ1n) is 4.58. The van der Waals surface area contributed by atoms with E-state index in [1.54, 1.807) is 23.1 Å². The van der Waals surface area contributed by atoms with E-state index in [9.17, 15) is 0 Å². The maximum Gasteiger partial charge on any atom is 0.145 e. The fourth-order valence-electron chi connectivity index (χ4n) is 1.28. The van der Waals surface area contributed by atoms with Crippen LogP contribution in [-0.2, 0) is 0 Å². The van der Waals surface area contributed by atoms with Crippen molar-refractivity contribution in [1.29, 1.82) is 0 Å². The van der Waals surface area contributed by atoms with Crippen LogP contribution >= 0.6 is 11.6 Å². The van der Waals surface area contributed by atoms with Gasteiger partial charge in [-0.25, -0.2) is 9.67 Å². The van der Waals surface area contributed by atoms with E-state index in [2.05, 4.69) is 10.1 Å². The SMILES string of the molecule is CCOc1ccc(Cl)cc1-n1cncn1. The van der Waals surface area contributed by atoms with Gasteiger partial charge >= 0.3 is 0 Å². The Bertz CT molecular complexity index is 442. The summed E-state index contributed by atoms with van der Waals surface area (Å²) in [6.45, 7) is 2.53. The Labute approximate surface area is 92.5 Å². The van der Waals surface area contributed by atoms with Gasteiger partial charge in [0.25, 0.3) is 0 Å². The molecule has 0 aliphatic rings. The van der Waals surface area contributed by atoms with Crippen LogP contribution in [0.5, 0.6) is 5.75 Å². The van der Waals surface area contributed by atoms with Crippen molar-refractivity contribution in [2.75, 3.05) is 6.61 Å². The van der Waals surface area contributed by atoms with Gasteiger partial charge in [-0.15, -0.1) is 0 Å². The van der Waals surface area contributed by atoms with Crippen LogP contribution in [0.25, 0.3) is 5.69 Å². The molecule has 0 saturated carbocycles. The minimum atomic E-state index is 0.601. The summed E-state index contributed by atoms with van der Waals surface area (Å²) in [5.41, 5.74) is 0.793. The summed E-state index contributed by atoms with van der Waals surface area (Å²) in [6, 6.07) is 5.40. The average Bonchev–Trinajstić information content (AvgIpc) is 2.74. The smallest absolute Gasteiger partial charge is 0.145 e. The zero-order valence-corrected chi connectivity index (χ0v) is 8.98. The molecule has 0 bridgehead atoms. The van der Waals surface area contributed by atoms with Crippen LogP contribution in [0.3, 0.4) is 0 Å². The molecule has 78 valence electrons. The van der Waals surface area contributed by atoms with Crippen LogP contribution in [0.1, 0.15) is 6.92 Å². The van der Waals surface area contributed by atoms with Crippen molar-refractivity contribution in [1.82, 2.24) is 14.8 Å². The zero-order valence-electron chi connectivity index (χ0n) is 8.22. The Morgan fingerprint density at radius 3 is 3.00 bits per heavy atom. The molecule has 0 spiro atoms. The molecular formula is C10H10ClN3O. The number of hydrogen-bond donors (Lipinski definition) is 0. The van der Waals surface area contributed by atoms with Crippen molar-refractivity contribution >= 4 is 11.6 Å². The lowest BCUT2D eigenvalue weighted by atomic mass is 10.3. The molecule has 0 atom stereocenters. The maximum atomic E-state index is 5.92. The summed E-state index contributed by atoms with van der Waals surface area (Å²) in [5, 5.41) is 4.68. The minimum absolute atomic E-state index is 0.601. The van der Waals surface area contributed by atoms with Crippen molar-refractivity contribution in [2.24, 2.45) is 0 Å². The molecule has 0 aliphatic carbocycles. The van der Waals surface area contributed by atoms with E-state index in [1.807, 2.05) is 13.0 Å². The van der Waals surface area contributed by atoms with Gasteiger partial charge in [0, 0.05) is 5.02 Å². The van der Waals surface area contributed by atoms with Crippen molar-refractivity contribution in [3.8, 4) is 11.4 Å². The van der Waals surface area contributed by atoms with Gasteiger partial charge in [-0.2, -0.15) is 5.10 Å². The predicted molar refractivity (Wildman–Crippen MR) is 57.5 cm³/mol. The van der Waals surface area contributed by atoms with Crippen molar-refractivity contribution in [3.05, 3.63) is 35.9 Å². The fourth-order valence-corrected chi connectivity index (χ4v) is 1.45. The first kappa shape index (κ1) is 9.98. The molecule has 0 saturated heterocycles. The Hall–Kier alpha value is -1.55. The molecular weight excluding hydrogens is 214 g/mol. The minimum Gasteiger partial charge on any atom is -0.492 e. The number of ether oxygens (including phenoxy) is 1. The summed E-state index contributed by atoms with van der Waals surface area (Å²) in [4.78, 5) is 3.88. The lowest BCUT2D eigenvalue weighted by Crippen LogP contribution is -2.00. The van der Waals surface area contributed by atoms with Gasteiger partial charge in [0.15, 0.2) is 0 Å². The molecule has 2 rings (SSSR count). The standard InChI is InChI=1S/C10H10ClN3O/c1-2-15-10-4-3-8(11)5-9(10)14-7-12-6-13-14/h3-7H,2H2,1H3. The maximum absolute atomic E-state index is 5.92. The normalized spacial score (nSPS) is 10.3. The summed E-state index contributed by atoms with van der Waals surface area (Å²) in [7, 11) is 0. The number of halogens is 1. The molecule has 15 heavy (non-hydrogen) atoms. The molecule has 0 amide bonds. The first-order valence-corrected chi connectivity index (χ1v) is 4.96. The molecule has 0 unspecified atom stereocenters. The zero-order chi connectivity index (χ0) is 10.7. The third kappa shape index (κ3) is 2.10. The second-order valence-corrected chi connectivity index (χ2v) is 3.32. The molecule has 1 aromatic heterocycles. The van der Waals surface area contributed by atoms with Crippen molar-refractivity contribution < 1.29 is 4.74 Å². The van der Waals surface area contributed by atoms with Crippen molar-refractivity contribution in [3.63, 3.8) is 0 Å². The first-order chi connectivity index (χ1) is 7.31. The highest BCUT2D eigenvalue weighted by molar-refractivity contribution is 6.30. The third-order valence-electron chi connectivity index (χ3n) is 1.89. The van der Waals surface area contributed by atoms with E-state index in [-0.39, 0.29) is 0 Å². The van der Waals surface area contributed by atoms with Gasteiger partial charge in [0.05, 0.1) is 6.61 Å². The molecule has 0 radical (unpaired) electrons. The number of benzene rings is 1. The molecule has 2 aromatic rings. The van der Waals surface area contributed by atoms with Crippen LogP contribution in [-0.4, -0.2) is 21.4 Å². The van der Waals surface area contributed by atoms with Crippen LogP contribution in [0.15, 0.2) is 30.9 Å². The summed E-state index contributed by atoms with van der Waals surface area (Å²) < 4.78 is 7.09. The van der Waals surface area contributed by atoms with E-state index in [4.69, 9.17) is 16.3 Å². The fraction of sp³-hybridized carbons (Fsp3) is 0.200. The second-order valence-electron chi connectivity index (χ2n) is 2.89. The van der Waals surface area contributed by atoms with Gasteiger partial charge in [0.2, 0.25) is 0 Å². The number of nitrogens with zero attached hydrogens (tertiary/aromatic N) is 3. The van der Waals surface area contributed by atoms with Gasteiger partial charge < -0.3 is 4.74 Å². The lowest BCUT2D eigenvalue weighted by molar-refractivity contribution is 0.338. The Kier molecular flexibility index (Phi) is 2.87. The number of hydrogen-bond acceptors (Lipinski definition) is 3. The van der Waals surface area contributed by atoms with Crippen LogP contribution in [0.4, 0.5) is 0 Å². The lowest BCUT2D eigenvalue weighted by Gasteiger charge is -2.09. The van der Waals surface area contributed by atoms with Gasteiger partial charge in [0.1, 0.15) is 24.1 Å². The Morgan fingerprint density at radius 2 is 2.33 bits per heavy atom. The topological polar surface area (TPSA) is 39.9 Å². The summed E-state index contributed by atoms with van der Waals surface area (Å²) in [5.74, 6) is 0.743. The summed E-state index contributed by atoms with van der Waals surface area (Å²) in [6.07, 6.45) is 3.07. The van der Waals surface area contributed by atoms with Gasteiger partial charge in [-0.3, -0.25) is 0 Å². The average molecular weight is 224 g/mol. The third-order valence-corrected chi connectivity index (χ3v) is 2.12. The van der Waals surface area contributed by atoms with E-state index < -0.39 is 0 Å². The molecule has 1 aromatic carbocycles. The van der Waals surface area contributed by atoms with Crippen molar-refractivity contribution in [2.45, 2.75) is 6.92 Å². The molecule has 5 heteroatoms. The predicted octanol–water partition coefficient (Wildman–Crippen LogP) is 2.32. The van der Waals surface area contributed by atoms with E-state index in [1.165, 1.54) is 6.33 Å².